The number of anilines is 2. The molecule has 0 amide bonds. The lowest BCUT2D eigenvalue weighted by Gasteiger charge is -2.06. The largest absolute Gasteiger partial charge is 0.506 e. The van der Waals surface area contributed by atoms with Crippen molar-refractivity contribution in [3.63, 3.8) is 0 Å². The Hall–Kier alpha value is -1.47. The van der Waals surface area contributed by atoms with Gasteiger partial charge in [0.2, 0.25) is 0 Å². The number of hydrogen-bond donors (Lipinski definition) is 4. The standard InChI is InChI=1S/C6H8N2O4S/c7-5-3(9)1-2-4(6(5)8)13(10,11)12/h1-2,9H,7-8H2,(H,10,11,12). The third-order valence-electron chi connectivity index (χ3n) is 1.50. The van der Waals surface area contributed by atoms with E-state index in [4.69, 9.17) is 21.1 Å². The first-order valence-electron chi connectivity index (χ1n) is 3.18. The second-order valence-corrected chi connectivity index (χ2v) is 3.78. The Bertz CT molecular complexity index is 440. The van der Waals surface area contributed by atoms with Crippen LogP contribution in [0.5, 0.6) is 5.75 Å². The summed E-state index contributed by atoms with van der Waals surface area (Å²) in [5.41, 5.74) is 9.85. The zero-order valence-electron chi connectivity index (χ0n) is 6.43. The molecule has 0 aliphatic carbocycles. The number of nitrogens with two attached hydrogens (primary N) is 2. The fourth-order valence-corrected chi connectivity index (χ4v) is 1.46. The first kappa shape index (κ1) is 9.62. The summed E-state index contributed by atoms with van der Waals surface area (Å²) in [5, 5.41) is 9.01. The van der Waals surface area contributed by atoms with E-state index in [0.29, 0.717) is 0 Å². The average molecular weight is 204 g/mol. The van der Waals surface area contributed by atoms with Crippen molar-refractivity contribution in [2.75, 3.05) is 11.5 Å². The molecule has 1 aromatic rings. The molecule has 72 valence electrons. The summed E-state index contributed by atoms with van der Waals surface area (Å²) in [5.74, 6) is -0.329. The fourth-order valence-electron chi connectivity index (χ4n) is 0.830. The second-order valence-electron chi connectivity index (χ2n) is 2.39. The molecule has 0 aliphatic rings. The fraction of sp³-hybridized carbons (Fsp3) is 0. The number of hydrogen-bond acceptors (Lipinski definition) is 5. The average Bonchev–Trinajstić information content (AvgIpc) is 1.98. The van der Waals surface area contributed by atoms with Crippen molar-refractivity contribution >= 4 is 21.5 Å². The first-order chi connectivity index (χ1) is 5.84. The molecule has 0 fully saturated rings. The van der Waals surface area contributed by atoms with Crippen LogP contribution in [0.15, 0.2) is 17.0 Å². The van der Waals surface area contributed by atoms with Crippen LogP contribution in [0, 0.1) is 0 Å². The molecular weight excluding hydrogens is 196 g/mol. The molecule has 0 saturated carbocycles. The van der Waals surface area contributed by atoms with Gasteiger partial charge in [-0.15, -0.1) is 0 Å². The van der Waals surface area contributed by atoms with Crippen molar-refractivity contribution in [3.8, 4) is 5.75 Å². The summed E-state index contributed by atoms with van der Waals surface area (Å²) < 4.78 is 30.0. The van der Waals surface area contributed by atoms with E-state index in [0.717, 1.165) is 12.1 Å². The van der Waals surface area contributed by atoms with Crippen LogP contribution < -0.4 is 11.5 Å². The highest BCUT2D eigenvalue weighted by Gasteiger charge is 2.17. The Balaban J connectivity index is 3.53. The Morgan fingerprint density at radius 1 is 1.15 bits per heavy atom. The second kappa shape index (κ2) is 2.79. The predicted octanol–water partition coefficient (Wildman–Crippen LogP) is -0.197. The van der Waals surface area contributed by atoms with Gasteiger partial charge in [0.05, 0.1) is 11.4 Å². The molecule has 0 aliphatic heterocycles. The topological polar surface area (TPSA) is 127 Å². The molecular formula is C6H8N2O4S. The van der Waals surface area contributed by atoms with Crippen LogP contribution >= 0.6 is 0 Å². The number of benzene rings is 1. The minimum absolute atomic E-state index is 0.268. The van der Waals surface area contributed by atoms with E-state index < -0.39 is 15.0 Å². The van der Waals surface area contributed by atoms with Gasteiger partial charge in [0, 0.05) is 0 Å². The monoisotopic (exact) mass is 204 g/mol. The van der Waals surface area contributed by atoms with Gasteiger partial charge < -0.3 is 16.6 Å². The summed E-state index contributed by atoms with van der Waals surface area (Å²) >= 11 is 0. The maximum Gasteiger partial charge on any atom is 0.296 e. The lowest BCUT2D eigenvalue weighted by molar-refractivity contribution is 0.476. The first-order valence-corrected chi connectivity index (χ1v) is 4.62. The van der Waals surface area contributed by atoms with E-state index in [1.807, 2.05) is 0 Å². The van der Waals surface area contributed by atoms with Crippen molar-refractivity contribution in [3.05, 3.63) is 12.1 Å². The molecule has 0 spiro atoms. The third-order valence-corrected chi connectivity index (χ3v) is 2.41. The number of phenols is 1. The normalized spacial score (nSPS) is 11.5. The van der Waals surface area contributed by atoms with Crippen LogP contribution in [0.2, 0.25) is 0 Å². The number of phenolic OH excluding ortho intramolecular Hbond substituents is 1. The van der Waals surface area contributed by atoms with E-state index in [-0.39, 0.29) is 17.1 Å². The zero-order chi connectivity index (χ0) is 10.2. The smallest absolute Gasteiger partial charge is 0.296 e. The molecule has 0 radical (unpaired) electrons. The summed E-state index contributed by atoms with van der Waals surface area (Å²) in [6, 6.07) is 2.01. The SMILES string of the molecule is Nc1c(O)ccc(S(=O)(=O)O)c1N. The van der Waals surface area contributed by atoms with Gasteiger partial charge >= 0.3 is 0 Å². The Morgan fingerprint density at radius 3 is 2.15 bits per heavy atom. The Morgan fingerprint density at radius 2 is 1.69 bits per heavy atom. The molecule has 1 rings (SSSR count). The molecule has 13 heavy (non-hydrogen) atoms. The molecule has 1 aromatic carbocycles. The lowest BCUT2D eigenvalue weighted by atomic mass is 10.2. The van der Waals surface area contributed by atoms with Gasteiger partial charge in [-0.3, -0.25) is 4.55 Å². The highest BCUT2D eigenvalue weighted by molar-refractivity contribution is 7.86. The third kappa shape index (κ3) is 1.65. The van der Waals surface area contributed by atoms with Crippen LogP contribution in [-0.4, -0.2) is 18.1 Å². The summed E-state index contributed by atoms with van der Waals surface area (Å²) in [4.78, 5) is -0.511. The highest BCUT2D eigenvalue weighted by atomic mass is 32.2. The summed E-state index contributed by atoms with van der Waals surface area (Å²) in [7, 11) is -4.39. The maximum atomic E-state index is 10.7. The quantitative estimate of drug-likeness (QED) is 0.285. The highest BCUT2D eigenvalue weighted by Crippen LogP contribution is 2.31. The molecule has 0 saturated heterocycles. The van der Waals surface area contributed by atoms with Gasteiger partial charge in [-0.25, -0.2) is 0 Å². The van der Waals surface area contributed by atoms with Crippen LogP contribution in [0.25, 0.3) is 0 Å². The van der Waals surface area contributed by atoms with Crippen molar-refractivity contribution in [1.29, 1.82) is 0 Å². The van der Waals surface area contributed by atoms with Gasteiger partial charge in [-0.2, -0.15) is 8.42 Å². The van der Waals surface area contributed by atoms with Crippen molar-refractivity contribution in [2.45, 2.75) is 4.90 Å². The molecule has 0 atom stereocenters. The van der Waals surface area contributed by atoms with E-state index in [2.05, 4.69) is 0 Å². The van der Waals surface area contributed by atoms with E-state index in [9.17, 15) is 8.42 Å². The van der Waals surface area contributed by atoms with Crippen molar-refractivity contribution in [2.24, 2.45) is 0 Å². The minimum atomic E-state index is -4.39. The predicted molar refractivity (Wildman–Crippen MR) is 46.7 cm³/mol. The number of rotatable bonds is 1. The molecule has 0 unspecified atom stereocenters. The van der Waals surface area contributed by atoms with E-state index in [1.54, 1.807) is 0 Å². The summed E-state index contributed by atoms with van der Waals surface area (Å²) in [6.45, 7) is 0. The van der Waals surface area contributed by atoms with Crippen molar-refractivity contribution in [1.82, 2.24) is 0 Å². The molecule has 6 nitrogen and oxygen atoms in total. The lowest BCUT2D eigenvalue weighted by Crippen LogP contribution is -2.05. The van der Waals surface area contributed by atoms with Crippen LogP contribution in [0.1, 0.15) is 0 Å². The molecule has 0 heterocycles. The Labute approximate surface area is 74.5 Å². The maximum absolute atomic E-state index is 10.7. The van der Waals surface area contributed by atoms with Crippen LogP contribution in [0.4, 0.5) is 11.4 Å². The molecule has 6 N–H and O–H groups in total. The molecule has 0 aromatic heterocycles. The molecule has 7 heteroatoms. The zero-order valence-corrected chi connectivity index (χ0v) is 7.25. The van der Waals surface area contributed by atoms with Gasteiger partial charge in [-0.1, -0.05) is 0 Å². The molecule has 0 bridgehead atoms. The van der Waals surface area contributed by atoms with Gasteiger partial charge in [0.1, 0.15) is 10.6 Å². The number of nitrogen functional groups attached to an aromatic ring is 2. The van der Waals surface area contributed by atoms with Gasteiger partial charge in [0.25, 0.3) is 10.1 Å². The van der Waals surface area contributed by atoms with Gasteiger partial charge in [0.15, 0.2) is 0 Å². The Kier molecular flexibility index (Phi) is 2.06. The van der Waals surface area contributed by atoms with E-state index >= 15 is 0 Å². The van der Waals surface area contributed by atoms with Crippen molar-refractivity contribution < 1.29 is 18.1 Å². The summed E-state index contributed by atoms with van der Waals surface area (Å²) in [6.07, 6.45) is 0. The van der Waals surface area contributed by atoms with Gasteiger partial charge in [-0.05, 0) is 12.1 Å². The van der Waals surface area contributed by atoms with E-state index in [1.165, 1.54) is 0 Å². The van der Waals surface area contributed by atoms with Crippen LogP contribution in [0.3, 0.4) is 0 Å². The van der Waals surface area contributed by atoms with Crippen LogP contribution in [-0.2, 0) is 10.1 Å². The minimum Gasteiger partial charge on any atom is -0.506 e. The number of aromatic hydroxyl groups is 1.